The van der Waals surface area contributed by atoms with E-state index in [1.54, 1.807) is 0 Å². The highest BCUT2D eigenvalue weighted by atomic mass is 16.5. The van der Waals surface area contributed by atoms with Crippen molar-refractivity contribution in [1.29, 1.82) is 0 Å². The highest BCUT2D eigenvalue weighted by Crippen LogP contribution is 2.26. The number of benzene rings is 1. The molecule has 0 heterocycles. The summed E-state index contributed by atoms with van der Waals surface area (Å²) in [5.74, 6) is 1.91. The van der Waals surface area contributed by atoms with Crippen molar-refractivity contribution >= 4 is 0 Å². The number of hydrogen-bond acceptors (Lipinski definition) is 3. The molecular weight excluding hydrogens is 322 g/mol. The van der Waals surface area contributed by atoms with E-state index in [2.05, 4.69) is 44.3 Å². The summed E-state index contributed by atoms with van der Waals surface area (Å²) in [6.45, 7) is 10.2. The molecule has 1 aromatic rings. The smallest absolute Gasteiger partial charge is 0.127 e. The van der Waals surface area contributed by atoms with Crippen LogP contribution in [0.4, 0.5) is 0 Å². The molecule has 0 saturated carbocycles. The van der Waals surface area contributed by atoms with Gasteiger partial charge in [0.2, 0.25) is 0 Å². The summed E-state index contributed by atoms with van der Waals surface area (Å²) in [5, 5.41) is 3.56. The first-order valence-electron chi connectivity index (χ1n) is 10.9. The summed E-state index contributed by atoms with van der Waals surface area (Å²) in [6, 6.07) is 6.31. The van der Waals surface area contributed by atoms with Crippen molar-refractivity contribution in [2.45, 2.75) is 91.5 Å². The molecule has 0 atom stereocenters. The fourth-order valence-corrected chi connectivity index (χ4v) is 2.88. The second kappa shape index (κ2) is 16.0. The molecular formula is C23H41NO2. The van der Waals surface area contributed by atoms with E-state index in [-0.39, 0.29) is 0 Å². The minimum Gasteiger partial charge on any atom is -0.493 e. The third-order valence-corrected chi connectivity index (χ3v) is 4.58. The van der Waals surface area contributed by atoms with Crippen molar-refractivity contribution in [3.05, 3.63) is 23.8 Å². The van der Waals surface area contributed by atoms with Gasteiger partial charge in [-0.05, 0) is 31.9 Å². The summed E-state index contributed by atoms with van der Waals surface area (Å²) in [5.41, 5.74) is 1.23. The van der Waals surface area contributed by atoms with Crippen molar-refractivity contribution in [2.24, 2.45) is 0 Å². The van der Waals surface area contributed by atoms with E-state index in [4.69, 9.17) is 9.47 Å². The highest BCUT2D eigenvalue weighted by molar-refractivity contribution is 5.40. The van der Waals surface area contributed by atoms with Gasteiger partial charge in [0, 0.05) is 18.2 Å². The summed E-state index contributed by atoms with van der Waals surface area (Å²) in [4.78, 5) is 0. The summed E-state index contributed by atoms with van der Waals surface area (Å²) in [7, 11) is 0. The molecule has 1 N–H and O–H groups in total. The van der Waals surface area contributed by atoms with Crippen molar-refractivity contribution < 1.29 is 9.47 Å². The topological polar surface area (TPSA) is 30.5 Å². The standard InChI is InChI=1S/C23H41NO2/c1-4-7-10-11-16-24-20-21-14-15-22(25-17-12-8-5-2)19-23(21)26-18-13-9-6-3/h14-15,19,24H,4-13,16-18,20H2,1-3H3. The average molecular weight is 364 g/mol. The van der Waals surface area contributed by atoms with Crippen LogP contribution in [0.1, 0.15) is 90.5 Å². The Morgan fingerprint density at radius 3 is 2.08 bits per heavy atom. The van der Waals surface area contributed by atoms with Crippen molar-refractivity contribution in [3.63, 3.8) is 0 Å². The third-order valence-electron chi connectivity index (χ3n) is 4.58. The SMILES string of the molecule is CCCCCCNCc1ccc(OCCCCC)cc1OCCCCC. The molecule has 0 unspecified atom stereocenters. The van der Waals surface area contributed by atoms with Gasteiger partial charge in [-0.2, -0.15) is 0 Å². The van der Waals surface area contributed by atoms with Gasteiger partial charge in [0.05, 0.1) is 13.2 Å². The van der Waals surface area contributed by atoms with Crippen LogP contribution in [0.15, 0.2) is 18.2 Å². The maximum Gasteiger partial charge on any atom is 0.127 e. The van der Waals surface area contributed by atoms with Crippen LogP contribution in [0.3, 0.4) is 0 Å². The van der Waals surface area contributed by atoms with Crippen LogP contribution in [0.2, 0.25) is 0 Å². The first-order valence-corrected chi connectivity index (χ1v) is 10.9. The van der Waals surface area contributed by atoms with E-state index >= 15 is 0 Å². The molecule has 26 heavy (non-hydrogen) atoms. The van der Waals surface area contributed by atoms with E-state index in [9.17, 15) is 0 Å². The van der Waals surface area contributed by atoms with Gasteiger partial charge in [0.25, 0.3) is 0 Å². The number of nitrogens with one attached hydrogen (secondary N) is 1. The van der Waals surface area contributed by atoms with Crippen LogP contribution >= 0.6 is 0 Å². The molecule has 0 aliphatic carbocycles. The molecule has 0 saturated heterocycles. The Kier molecular flexibility index (Phi) is 14.0. The number of ether oxygens (including phenoxy) is 2. The molecule has 0 spiro atoms. The van der Waals surface area contributed by atoms with Crippen molar-refractivity contribution in [1.82, 2.24) is 5.32 Å². The molecule has 150 valence electrons. The lowest BCUT2D eigenvalue weighted by molar-refractivity contribution is 0.289. The molecule has 0 aliphatic rings. The van der Waals surface area contributed by atoms with Gasteiger partial charge in [-0.1, -0.05) is 71.8 Å². The molecule has 1 aromatic carbocycles. The van der Waals surface area contributed by atoms with Gasteiger partial charge in [-0.15, -0.1) is 0 Å². The van der Waals surface area contributed by atoms with E-state index in [0.717, 1.165) is 50.6 Å². The zero-order valence-electron chi connectivity index (χ0n) is 17.4. The Morgan fingerprint density at radius 1 is 0.731 bits per heavy atom. The lowest BCUT2D eigenvalue weighted by atomic mass is 10.1. The predicted octanol–water partition coefficient (Wildman–Crippen LogP) is 6.49. The molecule has 0 radical (unpaired) electrons. The van der Waals surface area contributed by atoms with E-state index in [1.165, 1.54) is 56.9 Å². The Bertz CT molecular complexity index is 448. The Hall–Kier alpha value is -1.22. The fraction of sp³-hybridized carbons (Fsp3) is 0.739. The predicted molar refractivity (Wildman–Crippen MR) is 112 cm³/mol. The van der Waals surface area contributed by atoms with Crippen LogP contribution in [0.5, 0.6) is 11.5 Å². The maximum absolute atomic E-state index is 6.08. The molecule has 3 heteroatoms. The van der Waals surface area contributed by atoms with Gasteiger partial charge in [0.15, 0.2) is 0 Å². The summed E-state index contributed by atoms with van der Waals surface area (Å²) in [6.07, 6.45) is 12.3. The van der Waals surface area contributed by atoms with Gasteiger partial charge in [-0.3, -0.25) is 0 Å². The van der Waals surface area contributed by atoms with Crippen LogP contribution in [-0.2, 0) is 6.54 Å². The van der Waals surface area contributed by atoms with Crippen molar-refractivity contribution in [3.8, 4) is 11.5 Å². The monoisotopic (exact) mass is 363 g/mol. The van der Waals surface area contributed by atoms with Crippen LogP contribution in [0, 0.1) is 0 Å². The van der Waals surface area contributed by atoms with Crippen LogP contribution < -0.4 is 14.8 Å². The van der Waals surface area contributed by atoms with E-state index in [1.807, 2.05) is 0 Å². The number of hydrogen-bond donors (Lipinski definition) is 1. The molecule has 3 nitrogen and oxygen atoms in total. The summed E-state index contributed by atoms with van der Waals surface area (Å²) >= 11 is 0. The zero-order valence-corrected chi connectivity index (χ0v) is 17.4. The average Bonchev–Trinajstić information content (AvgIpc) is 2.66. The minimum atomic E-state index is 0.788. The summed E-state index contributed by atoms with van der Waals surface area (Å²) < 4.78 is 12.0. The Balaban J connectivity index is 2.52. The van der Waals surface area contributed by atoms with E-state index < -0.39 is 0 Å². The zero-order chi connectivity index (χ0) is 18.9. The molecule has 0 amide bonds. The third kappa shape index (κ3) is 10.7. The lowest BCUT2D eigenvalue weighted by Gasteiger charge is -2.15. The molecule has 1 rings (SSSR count). The Labute approximate surface area is 161 Å². The van der Waals surface area contributed by atoms with Gasteiger partial charge in [-0.25, -0.2) is 0 Å². The lowest BCUT2D eigenvalue weighted by Crippen LogP contribution is -2.15. The van der Waals surface area contributed by atoms with Crippen LogP contribution in [-0.4, -0.2) is 19.8 Å². The second-order valence-electron chi connectivity index (χ2n) is 7.12. The highest BCUT2D eigenvalue weighted by Gasteiger charge is 2.07. The second-order valence-corrected chi connectivity index (χ2v) is 7.12. The van der Waals surface area contributed by atoms with Crippen molar-refractivity contribution in [2.75, 3.05) is 19.8 Å². The van der Waals surface area contributed by atoms with Crippen LogP contribution in [0.25, 0.3) is 0 Å². The maximum atomic E-state index is 6.08. The van der Waals surface area contributed by atoms with Gasteiger partial charge in [0.1, 0.15) is 11.5 Å². The minimum absolute atomic E-state index is 0.788. The number of rotatable bonds is 17. The molecule has 0 fully saturated rings. The molecule has 0 bridgehead atoms. The normalized spacial score (nSPS) is 10.9. The van der Waals surface area contributed by atoms with Gasteiger partial charge >= 0.3 is 0 Å². The first kappa shape index (κ1) is 22.8. The Morgan fingerprint density at radius 2 is 1.38 bits per heavy atom. The quantitative estimate of drug-likeness (QED) is 0.321. The van der Waals surface area contributed by atoms with E-state index in [0.29, 0.717) is 0 Å². The molecule has 0 aromatic heterocycles. The molecule has 0 aliphatic heterocycles. The first-order chi connectivity index (χ1) is 12.8. The largest absolute Gasteiger partial charge is 0.493 e. The van der Waals surface area contributed by atoms with Gasteiger partial charge < -0.3 is 14.8 Å². The fourth-order valence-electron chi connectivity index (χ4n) is 2.88. The number of unbranched alkanes of at least 4 members (excludes halogenated alkanes) is 7.